The first-order valence-electron chi connectivity index (χ1n) is 10.8. The summed E-state index contributed by atoms with van der Waals surface area (Å²) in [7, 11) is 1.55. The minimum atomic E-state index is -4.53. The lowest BCUT2D eigenvalue weighted by molar-refractivity contribution is -0.137. The third-order valence-corrected chi connectivity index (χ3v) is 5.77. The molecule has 11 heteroatoms. The van der Waals surface area contributed by atoms with Crippen molar-refractivity contribution < 1.29 is 37.0 Å². The molecule has 2 aromatic carbocycles. The number of likely N-dealkylation sites (N-methyl/N-ethyl adjacent to an activating group) is 1. The molecule has 2 amide bonds. The maximum atomic E-state index is 13.4. The first-order chi connectivity index (χ1) is 17.0. The third-order valence-electron chi connectivity index (χ3n) is 5.77. The van der Waals surface area contributed by atoms with E-state index in [0.29, 0.717) is 29.0 Å². The van der Waals surface area contributed by atoms with Crippen molar-refractivity contribution in [3.8, 4) is 5.75 Å². The number of fused-ring (bicyclic) bond motifs is 1. The number of carbonyl (C=O) groups excluding carboxylic acids is 2. The molecule has 188 valence electrons. The van der Waals surface area contributed by atoms with Crippen molar-refractivity contribution in [1.82, 2.24) is 4.98 Å². The maximum Gasteiger partial charge on any atom is 0.417 e. The van der Waals surface area contributed by atoms with E-state index in [0.717, 1.165) is 18.2 Å². The van der Waals surface area contributed by atoms with Gasteiger partial charge in [-0.15, -0.1) is 0 Å². The molecule has 4 rings (SSSR count). The van der Waals surface area contributed by atoms with Gasteiger partial charge in [0, 0.05) is 37.6 Å². The van der Waals surface area contributed by atoms with Crippen LogP contribution < -0.4 is 14.5 Å². The van der Waals surface area contributed by atoms with E-state index in [1.165, 1.54) is 28.0 Å². The number of anilines is 2. The molecule has 1 atom stereocenters. The summed E-state index contributed by atoms with van der Waals surface area (Å²) in [6.45, 7) is -0.179. The average Bonchev–Trinajstić information content (AvgIpc) is 2.86. The van der Waals surface area contributed by atoms with Crippen LogP contribution in [-0.4, -0.2) is 42.1 Å². The molecule has 0 radical (unpaired) electrons. The molecule has 3 aromatic rings. The Hall–Kier alpha value is -3.99. The van der Waals surface area contributed by atoms with Gasteiger partial charge in [-0.1, -0.05) is 12.1 Å². The number of aliphatic hydroxyl groups is 1. The number of carbonyl (C=O) groups is 2. The normalized spacial score (nSPS) is 14.2. The van der Waals surface area contributed by atoms with Crippen LogP contribution in [0, 0.1) is 5.82 Å². The van der Waals surface area contributed by atoms with Gasteiger partial charge < -0.3 is 19.6 Å². The molecule has 1 unspecified atom stereocenters. The smallest absolute Gasteiger partial charge is 0.417 e. The predicted molar refractivity (Wildman–Crippen MR) is 122 cm³/mol. The molecule has 2 heterocycles. The lowest BCUT2D eigenvalue weighted by atomic mass is 10.1. The van der Waals surface area contributed by atoms with Crippen molar-refractivity contribution >= 4 is 23.2 Å². The highest BCUT2D eigenvalue weighted by Crippen LogP contribution is 2.36. The fraction of sp³-hybridized carbons (Fsp3) is 0.240. The Morgan fingerprint density at radius 3 is 2.53 bits per heavy atom. The lowest BCUT2D eigenvalue weighted by Gasteiger charge is -2.30. The molecule has 36 heavy (non-hydrogen) atoms. The van der Waals surface area contributed by atoms with Crippen molar-refractivity contribution in [2.75, 3.05) is 30.0 Å². The largest absolute Gasteiger partial charge is 0.482 e. The summed E-state index contributed by atoms with van der Waals surface area (Å²) >= 11 is 0. The molecule has 0 aliphatic carbocycles. The number of aliphatic hydroxyl groups excluding tert-OH is 1. The lowest BCUT2D eigenvalue weighted by Crippen LogP contribution is -2.38. The first kappa shape index (κ1) is 25.1. The maximum absolute atomic E-state index is 13.4. The average molecular weight is 503 g/mol. The van der Waals surface area contributed by atoms with Gasteiger partial charge in [-0.05, 0) is 48.0 Å². The molecule has 0 fully saturated rings. The number of aromatic nitrogens is 1. The molecule has 7 nitrogen and oxygen atoms in total. The highest BCUT2D eigenvalue weighted by molar-refractivity contribution is 6.01. The predicted octanol–water partition coefficient (Wildman–Crippen LogP) is 3.90. The number of benzene rings is 2. The van der Waals surface area contributed by atoms with Crippen molar-refractivity contribution in [3.05, 3.63) is 83.4 Å². The van der Waals surface area contributed by atoms with Gasteiger partial charge in [-0.25, -0.2) is 4.39 Å². The van der Waals surface area contributed by atoms with Crippen LogP contribution in [0.25, 0.3) is 0 Å². The number of halogens is 4. The van der Waals surface area contributed by atoms with Crippen LogP contribution in [0.1, 0.15) is 22.9 Å². The second kappa shape index (κ2) is 9.94. The number of rotatable bonds is 6. The summed E-state index contributed by atoms with van der Waals surface area (Å²) < 4.78 is 57.3. The monoisotopic (exact) mass is 503 g/mol. The summed E-state index contributed by atoms with van der Waals surface area (Å²) in [5.74, 6) is -1.15. The van der Waals surface area contributed by atoms with E-state index >= 15 is 0 Å². The summed E-state index contributed by atoms with van der Waals surface area (Å²) in [4.78, 5) is 31.9. The Labute approximate surface area is 203 Å². The summed E-state index contributed by atoms with van der Waals surface area (Å²) in [5, 5.41) is 10.7. The number of alkyl halides is 3. The number of nitrogens with zero attached hydrogens (tertiary/aromatic N) is 3. The Balaban J connectivity index is 1.64. The van der Waals surface area contributed by atoms with E-state index in [4.69, 9.17) is 4.74 Å². The molecule has 1 aromatic heterocycles. The number of ether oxygens (including phenoxy) is 1. The van der Waals surface area contributed by atoms with Gasteiger partial charge in [-0.3, -0.25) is 14.6 Å². The van der Waals surface area contributed by atoms with Gasteiger partial charge in [0.25, 0.3) is 11.8 Å². The van der Waals surface area contributed by atoms with E-state index in [-0.39, 0.29) is 31.0 Å². The van der Waals surface area contributed by atoms with Gasteiger partial charge in [0.05, 0.1) is 11.3 Å². The minimum Gasteiger partial charge on any atom is -0.482 e. The van der Waals surface area contributed by atoms with Gasteiger partial charge in [0.1, 0.15) is 11.6 Å². The Kier molecular flexibility index (Phi) is 6.93. The van der Waals surface area contributed by atoms with E-state index in [1.807, 2.05) is 0 Å². The molecule has 0 spiro atoms. The van der Waals surface area contributed by atoms with Crippen LogP contribution in [-0.2, 0) is 22.2 Å². The van der Waals surface area contributed by atoms with Gasteiger partial charge >= 0.3 is 6.18 Å². The molecule has 1 N–H and O–H groups in total. The highest BCUT2D eigenvalue weighted by Gasteiger charge is 2.31. The molecule has 1 aliphatic rings. The molecule has 0 saturated carbocycles. The first-order valence-corrected chi connectivity index (χ1v) is 10.8. The van der Waals surface area contributed by atoms with Crippen LogP contribution in [0.3, 0.4) is 0 Å². The number of hydrogen-bond donors (Lipinski definition) is 1. The van der Waals surface area contributed by atoms with Crippen molar-refractivity contribution in [2.45, 2.75) is 18.7 Å². The molecule has 1 aliphatic heterocycles. The fourth-order valence-corrected chi connectivity index (χ4v) is 3.70. The van der Waals surface area contributed by atoms with E-state index in [1.54, 1.807) is 25.2 Å². The summed E-state index contributed by atoms with van der Waals surface area (Å²) in [6.07, 6.45) is -5.38. The van der Waals surface area contributed by atoms with E-state index in [2.05, 4.69) is 4.98 Å². The molecular formula is C25H21F4N3O4. The van der Waals surface area contributed by atoms with Crippen LogP contribution in [0.5, 0.6) is 5.75 Å². The third kappa shape index (κ3) is 5.30. The Morgan fingerprint density at radius 2 is 1.89 bits per heavy atom. The fourth-order valence-electron chi connectivity index (χ4n) is 3.70. The highest BCUT2D eigenvalue weighted by atomic mass is 19.4. The second-order valence-corrected chi connectivity index (χ2v) is 8.12. The number of hydrogen-bond acceptors (Lipinski definition) is 5. The Bertz CT molecular complexity index is 1260. The number of pyridine rings is 1. The minimum absolute atomic E-state index is 0.0489. The van der Waals surface area contributed by atoms with Gasteiger partial charge in [0.15, 0.2) is 12.7 Å². The summed E-state index contributed by atoms with van der Waals surface area (Å²) in [6, 6.07) is 11.6. The standard InChI is InChI=1S/C25H21F4N3O4/c1-31-20-12-19(8-9-21(20)36-14-22(31)33)32(24(35)23(34)15-2-5-17(26)6-3-15)11-10-18-7-4-16(13-30-18)25(27,28)29/h2-9,12-13,23,34H,10-11,14H2,1H3. The Morgan fingerprint density at radius 1 is 1.17 bits per heavy atom. The van der Waals surface area contributed by atoms with Crippen molar-refractivity contribution in [3.63, 3.8) is 0 Å². The van der Waals surface area contributed by atoms with Gasteiger partial charge in [0.2, 0.25) is 0 Å². The van der Waals surface area contributed by atoms with Crippen molar-refractivity contribution in [2.24, 2.45) is 0 Å². The van der Waals surface area contributed by atoms with Gasteiger partial charge in [-0.2, -0.15) is 13.2 Å². The molecule has 0 bridgehead atoms. The van der Waals surface area contributed by atoms with Crippen molar-refractivity contribution in [1.29, 1.82) is 0 Å². The number of amides is 2. The SMILES string of the molecule is CN1C(=O)COc2ccc(N(CCc3ccc(C(F)(F)F)cn3)C(=O)C(O)c3ccc(F)cc3)cc21. The molecular weight excluding hydrogens is 482 g/mol. The van der Waals surface area contributed by atoms with E-state index < -0.39 is 29.6 Å². The van der Waals surface area contributed by atoms with Crippen LogP contribution in [0.2, 0.25) is 0 Å². The summed E-state index contributed by atoms with van der Waals surface area (Å²) in [5.41, 5.74) is 0.286. The quantitative estimate of drug-likeness (QED) is 0.516. The zero-order valence-corrected chi connectivity index (χ0v) is 19.0. The van der Waals surface area contributed by atoms with Crippen LogP contribution in [0.4, 0.5) is 28.9 Å². The molecule has 0 saturated heterocycles. The van der Waals surface area contributed by atoms with E-state index in [9.17, 15) is 32.3 Å². The zero-order valence-electron chi connectivity index (χ0n) is 19.0. The van der Waals surface area contributed by atoms with Crippen LogP contribution >= 0.6 is 0 Å². The van der Waals surface area contributed by atoms with Crippen LogP contribution in [0.15, 0.2) is 60.8 Å². The zero-order chi connectivity index (χ0) is 26.0. The topological polar surface area (TPSA) is 83.0 Å². The second-order valence-electron chi connectivity index (χ2n) is 8.12.